The Morgan fingerprint density at radius 2 is 1.63 bits per heavy atom. The van der Waals surface area contributed by atoms with E-state index < -0.39 is 34.9 Å². The molecule has 1 atom stereocenters. The quantitative estimate of drug-likeness (QED) is 0.343. The molecule has 192 valence electrons. The van der Waals surface area contributed by atoms with Gasteiger partial charge in [0.15, 0.2) is 0 Å². The number of benzene rings is 1. The molecule has 1 unspecified atom stereocenters. The van der Waals surface area contributed by atoms with Gasteiger partial charge in [-0.1, -0.05) is 35.5 Å². The number of hydroxylamine groups is 2. The summed E-state index contributed by atoms with van der Waals surface area (Å²) in [4.78, 5) is 50.2. The molecule has 2 amide bonds. The van der Waals surface area contributed by atoms with Gasteiger partial charge in [0, 0.05) is 7.05 Å². The van der Waals surface area contributed by atoms with E-state index in [1.54, 1.807) is 41.5 Å². The second kappa shape index (κ2) is 10.3. The summed E-state index contributed by atoms with van der Waals surface area (Å²) in [6.45, 7) is 12.9. The van der Waals surface area contributed by atoms with Crippen LogP contribution in [0.3, 0.4) is 0 Å². The molecule has 1 aliphatic heterocycles. The molecule has 35 heavy (non-hydrogen) atoms. The third-order valence-electron chi connectivity index (χ3n) is 4.65. The summed E-state index contributed by atoms with van der Waals surface area (Å²) < 4.78 is 10.7. The molecule has 0 saturated carbocycles. The largest absolute Gasteiger partial charge is 0.534 e. The number of likely N-dealkylation sites (N-methyl/N-ethyl adjacent to an activating group) is 1. The molecule has 0 N–H and O–H groups in total. The minimum absolute atomic E-state index is 0.00144. The van der Waals surface area contributed by atoms with Gasteiger partial charge in [0.1, 0.15) is 17.8 Å². The Bertz CT molecular complexity index is 1010. The molecule has 0 saturated heterocycles. The summed E-state index contributed by atoms with van der Waals surface area (Å²) in [6.07, 6.45) is -2.32. The molecule has 0 aromatic heterocycles. The topological polar surface area (TPSA) is 119 Å². The van der Waals surface area contributed by atoms with Gasteiger partial charge in [0.25, 0.3) is 5.91 Å². The lowest BCUT2D eigenvalue weighted by atomic mass is 9.88. The van der Waals surface area contributed by atoms with Gasteiger partial charge in [0.05, 0.1) is 11.4 Å². The van der Waals surface area contributed by atoms with E-state index in [2.05, 4.69) is 10.3 Å². The van der Waals surface area contributed by atoms with Gasteiger partial charge in [-0.25, -0.2) is 14.6 Å². The first-order valence-corrected chi connectivity index (χ1v) is 11.1. The maximum absolute atomic E-state index is 13.5. The average molecular weight is 491 g/mol. The minimum Gasteiger partial charge on any atom is -0.442 e. The molecular weight excluding hydrogens is 456 g/mol. The predicted octanol–water partition coefficient (Wildman–Crippen LogP) is 4.27. The Balaban J connectivity index is 2.54. The normalized spacial score (nSPS) is 18.7. The highest BCUT2D eigenvalue weighted by Crippen LogP contribution is 2.31. The Morgan fingerprint density at radius 1 is 1.06 bits per heavy atom. The highest BCUT2D eigenvalue weighted by molar-refractivity contribution is 6.33. The van der Waals surface area contributed by atoms with E-state index in [9.17, 15) is 14.4 Å². The second-order valence-electron chi connectivity index (χ2n) is 9.99. The Morgan fingerprint density at radius 3 is 2.11 bits per heavy atom. The van der Waals surface area contributed by atoms with Gasteiger partial charge >= 0.3 is 12.2 Å². The van der Waals surface area contributed by atoms with E-state index in [-0.39, 0.29) is 18.0 Å². The Kier molecular flexibility index (Phi) is 8.15. The molecule has 0 spiro atoms. The zero-order valence-electron chi connectivity index (χ0n) is 21.7. The number of amides is 2. The smallest absolute Gasteiger partial charge is 0.442 e. The first-order chi connectivity index (χ1) is 16.1. The number of hydrogen-bond acceptors (Lipinski definition) is 9. The lowest BCUT2D eigenvalue weighted by molar-refractivity contribution is -0.169. The van der Waals surface area contributed by atoms with Gasteiger partial charge in [-0.05, 0) is 61.0 Å². The highest BCUT2D eigenvalue weighted by Gasteiger charge is 2.61. The van der Waals surface area contributed by atoms with E-state index >= 15 is 0 Å². The van der Waals surface area contributed by atoms with E-state index in [4.69, 9.17) is 19.1 Å². The number of hydrogen-bond donors (Lipinski definition) is 0. The third-order valence-corrected chi connectivity index (χ3v) is 4.65. The van der Waals surface area contributed by atoms with Crippen LogP contribution in [0.1, 0.15) is 61.0 Å². The molecule has 0 aliphatic carbocycles. The van der Waals surface area contributed by atoms with Crippen LogP contribution in [0, 0.1) is 0 Å². The van der Waals surface area contributed by atoms with Crippen LogP contribution in [-0.4, -0.2) is 63.4 Å². The van der Waals surface area contributed by atoms with Crippen LogP contribution in [0.2, 0.25) is 0 Å². The average Bonchev–Trinajstić information content (AvgIpc) is 2.93. The van der Waals surface area contributed by atoms with Crippen molar-refractivity contribution in [2.45, 2.75) is 78.7 Å². The molecule has 1 aromatic carbocycles. The second-order valence-corrected chi connectivity index (χ2v) is 9.99. The lowest BCUT2D eigenvalue weighted by Gasteiger charge is -2.37. The summed E-state index contributed by atoms with van der Waals surface area (Å²) in [5.41, 5.74) is -2.99. The molecule has 1 heterocycles. The van der Waals surface area contributed by atoms with Gasteiger partial charge in [0.2, 0.25) is 5.54 Å². The van der Waals surface area contributed by atoms with Crippen LogP contribution in [-0.2, 0) is 30.6 Å². The number of carbonyl (C=O) groups is 3. The summed E-state index contributed by atoms with van der Waals surface area (Å²) >= 11 is 0. The van der Waals surface area contributed by atoms with Gasteiger partial charge in [-0.3, -0.25) is 9.63 Å². The molecule has 1 aliphatic rings. The standard InChI is InChI=1S/C24H34N4O7/c1-16-24(19(29)27(9)25-16,17(2)26-32-15-18-13-11-10-12-14-18)28(20(30)33-22(3,4)5)35-21(31)34-23(6,7)8/h10-14H,15H2,1-9H3. The fourth-order valence-corrected chi connectivity index (χ4v) is 3.26. The van der Waals surface area contributed by atoms with Crippen molar-refractivity contribution in [1.29, 1.82) is 0 Å². The number of ether oxygens (including phenoxy) is 2. The van der Waals surface area contributed by atoms with Crippen LogP contribution < -0.4 is 0 Å². The summed E-state index contributed by atoms with van der Waals surface area (Å²) in [6, 6.07) is 9.26. The molecule has 0 fully saturated rings. The van der Waals surface area contributed by atoms with Crippen LogP contribution in [0.4, 0.5) is 9.59 Å². The number of rotatable bonds is 5. The molecule has 11 nitrogen and oxygen atoms in total. The van der Waals surface area contributed by atoms with E-state index in [0.717, 1.165) is 10.6 Å². The lowest BCUT2D eigenvalue weighted by Crippen LogP contribution is -2.66. The molecule has 1 aromatic rings. The van der Waals surface area contributed by atoms with Crippen molar-refractivity contribution in [3.8, 4) is 0 Å². The summed E-state index contributed by atoms with van der Waals surface area (Å²) in [5, 5.41) is 9.82. The van der Waals surface area contributed by atoms with Gasteiger partial charge in [-0.15, -0.1) is 5.06 Å². The van der Waals surface area contributed by atoms with Crippen molar-refractivity contribution in [2.24, 2.45) is 10.3 Å². The highest BCUT2D eigenvalue weighted by atomic mass is 16.8. The fourth-order valence-electron chi connectivity index (χ4n) is 3.26. The first kappa shape index (κ1) is 27.6. The third kappa shape index (κ3) is 6.71. The van der Waals surface area contributed by atoms with Crippen LogP contribution >= 0.6 is 0 Å². The monoisotopic (exact) mass is 490 g/mol. The molecule has 11 heteroatoms. The molecule has 0 bridgehead atoms. The van der Waals surface area contributed by atoms with Crippen molar-refractivity contribution >= 4 is 29.6 Å². The van der Waals surface area contributed by atoms with E-state index in [0.29, 0.717) is 5.06 Å². The number of nitrogens with zero attached hydrogens (tertiary/aromatic N) is 4. The van der Waals surface area contributed by atoms with Crippen molar-refractivity contribution in [1.82, 2.24) is 10.1 Å². The Hall–Kier alpha value is -3.63. The number of oxime groups is 1. The number of hydrazone groups is 1. The van der Waals surface area contributed by atoms with E-state index in [1.807, 2.05) is 30.3 Å². The maximum Gasteiger partial charge on any atom is 0.534 e. The molecular formula is C24H34N4O7. The van der Waals surface area contributed by atoms with Crippen molar-refractivity contribution in [3.05, 3.63) is 35.9 Å². The van der Waals surface area contributed by atoms with Crippen LogP contribution in [0.15, 0.2) is 40.6 Å². The Labute approximate surface area is 205 Å². The maximum atomic E-state index is 13.5. The minimum atomic E-state index is -2.05. The summed E-state index contributed by atoms with van der Waals surface area (Å²) in [7, 11) is 1.41. The zero-order valence-corrected chi connectivity index (χ0v) is 21.7. The van der Waals surface area contributed by atoms with Gasteiger partial charge < -0.3 is 14.3 Å². The SMILES string of the molecule is CC(=NOCc1ccccc1)C1(N(OC(=O)OC(C)(C)C)C(=O)OC(C)(C)C)C(=O)N(C)N=C1C. The van der Waals surface area contributed by atoms with Crippen LogP contribution in [0.25, 0.3) is 0 Å². The van der Waals surface area contributed by atoms with Crippen LogP contribution in [0.5, 0.6) is 0 Å². The number of carbonyl (C=O) groups excluding carboxylic acids is 3. The molecule has 2 rings (SSSR count). The van der Waals surface area contributed by atoms with Crippen molar-refractivity contribution in [3.63, 3.8) is 0 Å². The van der Waals surface area contributed by atoms with Crippen molar-refractivity contribution < 1.29 is 33.5 Å². The molecule has 0 radical (unpaired) electrons. The van der Waals surface area contributed by atoms with Crippen molar-refractivity contribution in [2.75, 3.05) is 7.05 Å². The van der Waals surface area contributed by atoms with E-state index in [1.165, 1.54) is 20.9 Å². The zero-order chi connectivity index (χ0) is 26.6. The summed E-state index contributed by atoms with van der Waals surface area (Å²) in [5.74, 6) is -0.700. The predicted molar refractivity (Wildman–Crippen MR) is 128 cm³/mol. The van der Waals surface area contributed by atoms with Gasteiger partial charge in [-0.2, -0.15) is 5.10 Å². The first-order valence-electron chi connectivity index (χ1n) is 11.1. The fraction of sp³-hybridized carbons (Fsp3) is 0.542.